The minimum Gasteiger partial charge on any atom is -0.332 e. The highest BCUT2D eigenvalue weighted by Crippen LogP contribution is 2.08. The van der Waals surface area contributed by atoms with Gasteiger partial charge >= 0.3 is 0 Å². The van der Waals surface area contributed by atoms with Crippen molar-refractivity contribution in [3.05, 3.63) is 0 Å². The maximum Gasteiger partial charge on any atom is 0.289 e. The summed E-state index contributed by atoms with van der Waals surface area (Å²) >= 11 is 2.83. The van der Waals surface area contributed by atoms with Crippen LogP contribution in [0.3, 0.4) is 0 Å². The van der Waals surface area contributed by atoms with E-state index in [2.05, 4.69) is 15.9 Å². The SMILES string of the molecule is O=C1CCN(C(=O)Br)CC1. The summed E-state index contributed by atoms with van der Waals surface area (Å²) in [5.74, 6) is 0.255. The lowest BCUT2D eigenvalue weighted by Gasteiger charge is -2.23. The second-order valence-electron chi connectivity index (χ2n) is 2.28. The molecule has 56 valence electrons. The fourth-order valence-corrected chi connectivity index (χ4v) is 1.29. The summed E-state index contributed by atoms with van der Waals surface area (Å²) in [5, 5.41) is 0. The zero-order valence-corrected chi connectivity index (χ0v) is 7.06. The Bertz CT molecular complexity index is 159. The van der Waals surface area contributed by atoms with Crippen molar-refractivity contribution in [2.45, 2.75) is 12.8 Å². The predicted molar refractivity (Wildman–Crippen MR) is 40.1 cm³/mol. The minimum atomic E-state index is -0.111. The van der Waals surface area contributed by atoms with Gasteiger partial charge in [0.1, 0.15) is 5.78 Å². The number of carbonyl (C=O) groups excluding carboxylic acids is 2. The van der Waals surface area contributed by atoms with Gasteiger partial charge in [-0.15, -0.1) is 0 Å². The normalized spacial score (nSPS) is 19.3. The van der Waals surface area contributed by atoms with E-state index in [0.717, 1.165) is 0 Å². The molecule has 1 saturated heterocycles. The van der Waals surface area contributed by atoms with Gasteiger partial charge in [-0.25, -0.2) is 0 Å². The molecule has 0 unspecified atom stereocenters. The Balaban J connectivity index is 2.40. The number of hydrogen-bond acceptors (Lipinski definition) is 2. The number of hydrogen-bond donors (Lipinski definition) is 0. The molecule has 0 bridgehead atoms. The fourth-order valence-electron chi connectivity index (χ4n) is 0.932. The van der Waals surface area contributed by atoms with E-state index in [1.54, 1.807) is 4.90 Å². The third-order valence-electron chi connectivity index (χ3n) is 1.57. The van der Waals surface area contributed by atoms with Crippen molar-refractivity contribution in [1.82, 2.24) is 4.90 Å². The Morgan fingerprint density at radius 2 is 1.90 bits per heavy atom. The van der Waals surface area contributed by atoms with E-state index in [1.807, 2.05) is 0 Å². The molecule has 0 atom stereocenters. The van der Waals surface area contributed by atoms with Crippen molar-refractivity contribution < 1.29 is 9.59 Å². The van der Waals surface area contributed by atoms with Crippen LogP contribution in [0.2, 0.25) is 0 Å². The molecule has 1 rings (SSSR count). The molecule has 0 aromatic rings. The lowest BCUT2D eigenvalue weighted by atomic mass is 10.1. The monoisotopic (exact) mass is 205 g/mol. The Morgan fingerprint density at radius 3 is 2.30 bits per heavy atom. The number of piperidine rings is 1. The molecule has 10 heavy (non-hydrogen) atoms. The zero-order valence-electron chi connectivity index (χ0n) is 5.47. The number of Topliss-reactive ketones (excluding diaryl/α,β-unsaturated/α-hetero) is 1. The largest absolute Gasteiger partial charge is 0.332 e. The summed E-state index contributed by atoms with van der Waals surface area (Å²) in [5.41, 5.74) is 0. The predicted octanol–water partition coefficient (Wildman–Crippen LogP) is 1.17. The topological polar surface area (TPSA) is 37.4 Å². The van der Waals surface area contributed by atoms with E-state index < -0.39 is 0 Å². The molecule has 0 aromatic carbocycles. The van der Waals surface area contributed by atoms with Gasteiger partial charge in [0.05, 0.1) is 0 Å². The maximum absolute atomic E-state index is 10.7. The van der Waals surface area contributed by atoms with Crippen molar-refractivity contribution >= 4 is 26.5 Å². The Hall–Kier alpha value is -0.380. The second kappa shape index (κ2) is 3.14. The van der Waals surface area contributed by atoms with Gasteiger partial charge in [-0.2, -0.15) is 0 Å². The number of carbonyl (C=O) groups is 2. The zero-order chi connectivity index (χ0) is 7.56. The molecule has 0 saturated carbocycles. The van der Waals surface area contributed by atoms with E-state index in [-0.39, 0.29) is 10.6 Å². The lowest BCUT2D eigenvalue weighted by molar-refractivity contribution is -0.120. The molecule has 0 radical (unpaired) electrons. The summed E-state index contributed by atoms with van der Waals surface area (Å²) in [6, 6.07) is 0. The van der Waals surface area contributed by atoms with Crippen molar-refractivity contribution in [1.29, 1.82) is 0 Å². The first-order chi connectivity index (χ1) is 4.70. The first-order valence-electron chi connectivity index (χ1n) is 3.16. The van der Waals surface area contributed by atoms with Crippen LogP contribution in [-0.4, -0.2) is 28.6 Å². The summed E-state index contributed by atoms with van der Waals surface area (Å²) in [6.07, 6.45) is 1.02. The van der Waals surface area contributed by atoms with Crippen molar-refractivity contribution in [2.24, 2.45) is 0 Å². The van der Waals surface area contributed by atoms with Gasteiger partial charge in [0.2, 0.25) is 0 Å². The van der Waals surface area contributed by atoms with Crippen molar-refractivity contribution in [3.63, 3.8) is 0 Å². The summed E-state index contributed by atoms with van der Waals surface area (Å²) in [6.45, 7) is 1.14. The van der Waals surface area contributed by atoms with Crippen LogP contribution in [0.15, 0.2) is 0 Å². The van der Waals surface area contributed by atoms with Gasteiger partial charge < -0.3 is 4.90 Å². The Kier molecular flexibility index (Phi) is 2.43. The average molecular weight is 206 g/mol. The van der Waals surface area contributed by atoms with Crippen LogP contribution in [0.5, 0.6) is 0 Å². The standard InChI is InChI=1S/C6H8BrNO2/c7-6(10)8-3-1-5(9)2-4-8/h1-4H2. The van der Waals surface area contributed by atoms with Crippen LogP contribution < -0.4 is 0 Å². The molecule has 1 heterocycles. The molecular formula is C6H8BrNO2. The van der Waals surface area contributed by atoms with Crippen LogP contribution in [0.4, 0.5) is 4.79 Å². The van der Waals surface area contributed by atoms with Crippen LogP contribution in [0.1, 0.15) is 12.8 Å². The number of amides is 1. The molecule has 1 fully saturated rings. The first-order valence-corrected chi connectivity index (χ1v) is 3.95. The molecule has 0 aliphatic carbocycles. The number of halogens is 1. The van der Waals surface area contributed by atoms with Crippen molar-refractivity contribution in [2.75, 3.05) is 13.1 Å². The lowest BCUT2D eigenvalue weighted by Crippen LogP contribution is -2.35. The molecular weight excluding hydrogens is 198 g/mol. The van der Waals surface area contributed by atoms with E-state index >= 15 is 0 Å². The minimum absolute atomic E-state index is 0.111. The maximum atomic E-state index is 10.7. The first kappa shape index (κ1) is 7.72. The Labute approximate surface area is 67.5 Å². The number of nitrogens with zero attached hydrogens (tertiary/aromatic N) is 1. The average Bonchev–Trinajstić information content (AvgIpc) is 1.88. The highest BCUT2D eigenvalue weighted by molar-refractivity contribution is 9.18. The van der Waals surface area contributed by atoms with Gasteiger partial charge in [-0.3, -0.25) is 9.59 Å². The van der Waals surface area contributed by atoms with E-state index in [9.17, 15) is 9.59 Å². The summed E-state index contributed by atoms with van der Waals surface area (Å²) < 4.78 is 0. The van der Waals surface area contributed by atoms with E-state index in [4.69, 9.17) is 0 Å². The number of rotatable bonds is 0. The van der Waals surface area contributed by atoms with Crippen LogP contribution >= 0.6 is 15.9 Å². The molecule has 0 spiro atoms. The Morgan fingerprint density at radius 1 is 1.40 bits per heavy atom. The number of ketones is 1. The highest BCUT2D eigenvalue weighted by Gasteiger charge is 2.18. The third kappa shape index (κ3) is 1.80. The van der Waals surface area contributed by atoms with E-state index in [0.29, 0.717) is 25.9 Å². The van der Waals surface area contributed by atoms with Crippen LogP contribution in [0.25, 0.3) is 0 Å². The van der Waals surface area contributed by atoms with Crippen LogP contribution in [-0.2, 0) is 4.79 Å². The molecule has 3 nitrogen and oxygen atoms in total. The van der Waals surface area contributed by atoms with Crippen molar-refractivity contribution in [3.8, 4) is 0 Å². The molecule has 0 N–H and O–H groups in total. The second-order valence-corrected chi connectivity index (χ2v) is 2.96. The summed E-state index contributed by atoms with van der Waals surface area (Å²) in [4.78, 5) is 22.8. The summed E-state index contributed by atoms with van der Waals surface area (Å²) in [7, 11) is 0. The fraction of sp³-hybridized carbons (Fsp3) is 0.667. The van der Waals surface area contributed by atoms with E-state index in [1.165, 1.54) is 0 Å². The molecule has 1 aliphatic rings. The quantitative estimate of drug-likeness (QED) is 0.440. The molecule has 4 heteroatoms. The molecule has 1 amide bonds. The van der Waals surface area contributed by atoms with Gasteiger partial charge in [0.15, 0.2) is 0 Å². The van der Waals surface area contributed by atoms with Gasteiger partial charge in [-0.1, -0.05) is 0 Å². The third-order valence-corrected chi connectivity index (χ3v) is 2.07. The number of likely N-dealkylation sites (tertiary alicyclic amines) is 1. The molecule has 0 aromatic heterocycles. The van der Waals surface area contributed by atoms with Gasteiger partial charge in [-0.05, 0) is 0 Å². The highest BCUT2D eigenvalue weighted by atomic mass is 79.9. The van der Waals surface area contributed by atoms with Crippen LogP contribution in [0, 0.1) is 0 Å². The van der Waals surface area contributed by atoms with Gasteiger partial charge in [0, 0.05) is 41.9 Å². The van der Waals surface area contributed by atoms with Gasteiger partial charge in [0.25, 0.3) is 4.82 Å². The smallest absolute Gasteiger partial charge is 0.289 e. The molecule has 1 aliphatic heterocycles.